The molecule has 0 spiro atoms. The van der Waals surface area contributed by atoms with Gasteiger partial charge in [-0.1, -0.05) is 18.2 Å². The molecule has 1 fully saturated rings. The molecule has 0 bridgehead atoms. The molecule has 33 heavy (non-hydrogen) atoms. The quantitative estimate of drug-likeness (QED) is 0.462. The number of hydrogen-bond donors (Lipinski definition) is 1. The Hall–Kier alpha value is -3.21. The van der Waals surface area contributed by atoms with E-state index in [-0.39, 0.29) is 23.7 Å². The summed E-state index contributed by atoms with van der Waals surface area (Å²) in [7, 11) is -2.15. The summed E-state index contributed by atoms with van der Waals surface area (Å²) in [5.74, 6) is -0.626. The molecule has 1 atom stereocenters. The number of morpholine rings is 1. The highest BCUT2D eigenvalue weighted by molar-refractivity contribution is 7.89. The summed E-state index contributed by atoms with van der Waals surface area (Å²) in [5, 5.41) is 2.59. The van der Waals surface area contributed by atoms with E-state index in [1.54, 1.807) is 43.5 Å². The maximum Gasteiger partial charge on any atom is 0.331 e. The van der Waals surface area contributed by atoms with Crippen molar-refractivity contribution in [3.63, 3.8) is 0 Å². The number of methoxy groups -OCH3 is 1. The van der Waals surface area contributed by atoms with Crippen molar-refractivity contribution < 1.29 is 32.2 Å². The summed E-state index contributed by atoms with van der Waals surface area (Å²) in [4.78, 5) is 24.6. The van der Waals surface area contributed by atoms with Gasteiger partial charge >= 0.3 is 5.97 Å². The van der Waals surface area contributed by atoms with Crippen LogP contribution >= 0.6 is 0 Å². The summed E-state index contributed by atoms with van der Waals surface area (Å²) in [6, 6.07) is 13.0. The van der Waals surface area contributed by atoms with Crippen LogP contribution in [0.25, 0.3) is 6.08 Å². The lowest BCUT2D eigenvalue weighted by Gasteiger charge is -2.26. The lowest BCUT2D eigenvalue weighted by Crippen LogP contribution is -2.40. The van der Waals surface area contributed by atoms with Crippen LogP contribution in [0, 0.1) is 0 Å². The lowest BCUT2D eigenvalue weighted by molar-refractivity contribution is -0.148. The molecule has 0 aromatic heterocycles. The predicted octanol–water partition coefficient (Wildman–Crippen LogP) is 2.30. The molecular weight excluding hydrogens is 448 g/mol. The molecule has 10 heteroatoms. The van der Waals surface area contributed by atoms with Gasteiger partial charge in [0, 0.05) is 24.9 Å². The zero-order valence-electron chi connectivity index (χ0n) is 18.4. The van der Waals surface area contributed by atoms with Gasteiger partial charge in [0.1, 0.15) is 5.75 Å². The molecule has 1 aliphatic heterocycles. The van der Waals surface area contributed by atoms with Crippen molar-refractivity contribution in [2.24, 2.45) is 0 Å². The number of sulfonamides is 1. The monoisotopic (exact) mass is 474 g/mol. The number of rotatable bonds is 8. The smallest absolute Gasteiger partial charge is 0.331 e. The second kappa shape index (κ2) is 11.1. The number of amides is 1. The Bertz CT molecular complexity index is 1130. The van der Waals surface area contributed by atoms with Gasteiger partial charge in [-0.25, -0.2) is 13.2 Å². The Balaban J connectivity index is 1.59. The molecule has 0 saturated carbocycles. The van der Waals surface area contributed by atoms with Crippen molar-refractivity contribution in [1.82, 2.24) is 4.31 Å². The average Bonchev–Trinajstić information content (AvgIpc) is 2.83. The van der Waals surface area contributed by atoms with Crippen LogP contribution in [0.5, 0.6) is 5.75 Å². The second-order valence-corrected chi connectivity index (χ2v) is 9.16. The van der Waals surface area contributed by atoms with Crippen LogP contribution in [0.15, 0.2) is 59.5 Å². The summed E-state index contributed by atoms with van der Waals surface area (Å²) >= 11 is 0. The third kappa shape index (κ3) is 6.64. The first kappa shape index (κ1) is 24.4. The number of hydrogen-bond acceptors (Lipinski definition) is 7. The number of benzene rings is 2. The van der Waals surface area contributed by atoms with Crippen LogP contribution < -0.4 is 10.1 Å². The topological polar surface area (TPSA) is 111 Å². The molecule has 9 nitrogen and oxygen atoms in total. The van der Waals surface area contributed by atoms with Crippen LogP contribution in [0.2, 0.25) is 0 Å². The summed E-state index contributed by atoms with van der Waals surface area (Å²) < 4.78 is 42.4. The van der Waals surface area contributed by atoms with Gasteiger partial charge < -0.3 is 19.5 Å². The number of nitrogens with zero attached hydrogens (tertiary/aromatic N) is 1. The number of ether oxygens (including phenoxy) is 3. The standard InChI is InChI=1S/C23H26N2O7S/c1-17(32-22(26)10-9-18-5-3-7-20(15-18)30-2)23(27)24-19-6-4-8-21(16-19)33(28,29)25-11-13-31-14-12-25/h3-10,15-17H,11-14H2,1-2H3,(H,24,27)/b10-9+. The van der Waals surface area contributed by atoms with Gasteiger partial charge in [-0.15, -0.1) is 0 Å². The fraction of sp³-hybridized carbons (Fsp3) is 0.304. The van der Waals surface area contributed by atoms with Gasteiger partial charge in [0.05, 0.1) is 25.2 Å². The maximum atomic E-state index is 12.8. The lowest BCUT2D eigenvalue weighted by atomic mass is 10.2. The minimum atomic E-state index is -3.70. The van der Waals surface area contributed by atoms with Crippen LogP contribution in [0.3, 0.4) is 0 Å². The highest BCUT2D eigenvalue weighted by Crippen LogP contribution is 2.21. The van der Waals surface area contributed by atoms with Gasteiger partial charge in [-0.3, -0.25) is 4.79 Å². The third-order valence-corrected chi connectivity index (χ3v) is 6.77. The zero-order chi connectivity index (χ0) is 23.8. The van der Waals surface area contributed by atoms with Gasteiger partial charge in [0.25, 0.3) is 5.91 Å². The van der Waals surface area contributed by atoms with Gasteiger partial charge in [0.15, 0.2) is 6.10 Å². The first-order valence-electron chi connectivity index (χ1n) is 10.3. The molecule has 3 rings (SSSR count). The number of carbonyl (C=O) groups excluding carboxylic acids is 2. The first-order valence-corrected chi connectivity index (χ1v) is 11.7. The Morgan fingerprint density at radius 2 is 1.85 bits per heavy atom. The fourth-order valence-electron chi connectivity index (χ4n) is 3.09. The maximum absolute atomic E-state index is 12.8. The van der Waals surface area contributed by atoms with Crippen molar-refractivity contribution in [3.8, 4) is 5.75 Å². The molecular formula is C23H26N2O7S. The van der Waals surface area contributed by atoms with E-state index in [0.717, 1.165) is 5.56 Å². The Morgan fingerprint density at radius 1 is 1.12 bits per heavy atom. The van der Waals surface area contributed by atoms with Gasteiger partial charge in [-0.2, -0.15) is 4.31 Å². The van der Waals surface area contributed by atoms with E-state index in [0.29, 0.717) is 19.0 Å². The summed E-state index contributed by atoms with van der Waals surface area (Å²) in [5.41, 5.74) is 1.02. The van der Waals surface area contributed by atoms with Crippen molar-refractivity contribution >= 4 is 33.7 Å². The van der Waals surface area contributed by atoms with E-state index >= 15 is 0 Å². The molecule has 1 unspecified atom stereocenters. The highest BCUT2D eigenvalue weighted by atomic mass is 32.2. The molecule has 1 N–H and O–H groups in total. The normalized spacial score (nSPS) is 15.7. The van der Waals surface area contributed by atoms with Crippen molar-refractivity contribution in [2.75, 3.05) is 38.7 Å². The molecule has 176 valence electrons. The van der Waals surface area contributed by atoms with Gasteiger partial charge in [0.2, 0.25) is 10.0 Å². The van der Waals surface area contributed by atoms with Crippen molar-refractivity contribution in [3.05, 3.63) is 60.2 Å². The molecule has 1 aliphatic rings. The van der Waals surface area contributed by atoms with Gasteiger partial charge in [-0.05, 0) is 48.9 Å². The van der Waals surface area contributed by atoms with E-state index in [2.05, 4.69) is 5.32 Å². The van der Waals surface area contributed by atoms with E-state index in [9.17, 15) is 18.0 Å². The Labute approximate surface area is 193 Å². The van der Waals surface area contributed by atoms with Crippen LogP contribution in [-0.4, -0.2) is 64.1 Å². The predicted molar refractivity (Wildman–Crippen MR) is 122 cm³/mol. The Morgan fingerprint density at radius 3 is 2.58 bits per heavy atom. The zero-order valence-corrected chi connectivity index (χ0v) is 19.2. The molecule has 1 heterocycles. The summed E-state index contributed by atoms with van der Waals surface area (Å²) in [6.07, 6.45) is 1.68. The largest absolute Gasteiger partial charge is 0.497 e. The minimum Gasteiger partial charge on any atom is -0.497 e. The number of esters is 1. The highest BCUT2D eigenvalue weighted by Gasteiger charge is 2.26. The van der Waals surface area contributed by atoms with Crippen molar-refractivity contribution in [2.45, 2.75) is 17.9 Å². The molecule has 2 aromatic carbocycles. The van der Waals surface area contributed by atoms with E-state index in [4.69, 9.17) is 14.2 Å². The van der Waals surface area contributed by atoms with E-state index in [1.807, 2.05) is 0 Å². The first-order chi connectivity index (χ1) is 15.8. The average molecular weight is 475 g/mol. The Kier molecular flexibility index (Phi) is 8.21. The van der Waals surface area contributed by atoms with Crippen molar-refractivity contribution in [1.29, 1.82) is 0 Å². The van der Waals surface area contributed by atoms with Crippen LogP contribution in [-0.2, 0) is 29.1 Å². The molecule has 1 amide bonds. The number of nitrogens with one attached hydrogen (secondary N) is 1. The van der Waals surface area contributed by atoms with E-state index < -0.39 is 28.0 Å². The van der Waals surface area contributed by atoms with E-state index in [1.165, 1.54) is 35.5 Å². The number of carbonyl (C=O) groups is 2. The molecule has 0 aliphatic carbocycles. The van der Waals surface area contributed by atoms with Crippen LogP contribution in [0.1, 0.15) is 12.5 Å². The summed E-state index contributed by atoms with van der Waals surface area (Å²) in [6.45, 7) is 2.65. The SMILES string of the molecule is COc1cccc(/C=C/C(=O)OC(C)C(=O)Nc2cccc(S(=O)(=O)N3CCOCC3)c2)c1. The van der Waals surface area contributed by atoms with Crippen LogP contribution in [0.4, 0.5) is 5.69 Å². The fourth-order valence-corrected chi connectivity index (χ4v) is 4.55. The molecule has 1 saturated heterocycles. The molecule has 2 aromatic rings. The third-order valence-electron chi connectivity index (χ3n) is 4.88. The minimum absolute atomic E-state index is 0.0630. The number of anilines is 1. The molecule has 0 radical (unpaired) electrons. The second-order valence-electron chi connectivity index (χ2n) is 7.22.